The fourth-order valence-corrected chi connectivity index (χ4v) is 2.76. The van der Waals surface area contributed by atoms with Gasteiger partial charge in [0.15, 0.2) is 0 Å². The van der Waals surface area contributed by atoms with Crippen molar-refractivity contribution in [3.8, 4) is 0 Å². The maximum atomic E-state index is 6.20. The number of halogens is 1. The molecule has 0 saturated carbocycles. The number of hydrogen-bond acceptors (Lipinski definition) is 2. The third kappa shape index (κ3) is 3.30. The summed E-state index contributed by atoms with van der Waals surface area (Å²) in [7, 11) is 0. The molecule has 17 heavy (non-hydrogen) atoms. The van der Waals surface area contributed by atoms with Crippen LogP contribution in [0.2, 0.25) is 0 Å². The van der Waals surface area contributed by atoms with E-state index in [4.69, 9.17) is 4.74 Å². The second-order valence-electron chi connectivity index (χ2n) is 4.72. The average Bonchev–Trinajstić information content (AvgIpc) is 2.32. The minimum absolute atomic E-state index is 0.165. The van der Waals surface area contributed by atoms with Crippen molar-refractivity contribution in [2.24, 2.45) is 0 Å². The molecule has 1 N–H and O–H groups in total. The Morgan fingerprint density at radius 1 is 1.47 bits per heavy atom. The first kappa shape index (κ1) is 13.1. The van der Waals surface area contributed by atoms with Gasteiger partial charge in [0.1, 0.15) is 0 Å². The Morgan fingerprint density at radius 2 is 2.29 bits per heavy atom. The van der Waals surface area contributed by atoms with Crippen molar-refractivity contribution in [3.05, 3.63) is 34.3 Å². The van der Waals surface area contributed by atoms with E-state index >= 15 is 0 Å². The summed E-state index contributed by atoms with van der Waals surface area (Å²) in [6, 6.07) is 8.78. The molecule has 1 aromatic carbocycles. The first-order valence-electron chi connectivity index (χ1n) is 6.35. The van der Waals surface area contributed by atoms with Crippen LogP contribution in [0.4, 0.5) is 0 Å². The SMILES string of the molecule is CCCC1CNC(C)C(c2cccc(Br)c2)O1. The summed E-state index contributed by atoms with van der Waals surface area (Å²) in [6.07, 6.45) is 2.81. The molecule has 3 heteroatoms. The van der Waals surface area contributed by atoms with Crippen molar-refractivity contribution in [2.75, 3.05) is 6.54 Å². The van der Waals surface area contributed by atoms with Crippen LogP contribution in [-0.4, -0.2) is 18.7 Å². The zero-order valence-corrected chi connectivity index (χ0v) is 12.0. The maximum absolute atomic E-state index is 6.20. The summed E-state index contributed by atoms with van der Waals surface area (Å²) in [5.41, 5.74) is 1.25. The van der Waals surface area contributed by atoms with Gasteiger partial charge in [-0.2, -0.15) is 0 Å². The van der Waals surface area contributed by atoms with Crippen molar-refractivity contribution < 1.29 is 4.74 Å². The van der Waals surface area contributed by atoms with Crippen molar-refractivity contribution in [1.29, 1.82) is 0 Å². The Bertz CT molecular complexity index is 369. The van der Waals surface area contributed by atoms with E-state index in [1.165, 1.54) is 12.0 Å². The fourth-order valence-electron chi connectivity index (χ4n) is 2.34. The van der Waals surface area contributed by atoms with Gasteiger partial charge in [0, 0.05) is 17.1 Å². The Kier molecular flexibility index (Phi) is 4.60. The molecule has 1 heterocycles. The second kappa shape index (κ2) is 5.98. The summed E-state index contributed by atoms with van der Waals surface area (Å²) >= 11 is 3.52. The predicted molar refractivity (Wildman–Crippen MR) is 74.1 cm³/mol. The number of benzene rings is 1. The molecule has 2 nitrogen and oxygen atoms in total. The maximum Gasteiger partial charge on any atom is 0.0979 e. The molecule has 1 saturated heterocycles. The van der Waals surface area contributed by atoms with Gasteiger partial charge in [-0.05, 0) is 31.0 Å². The van der Waals surface area contributed by atoms with E-state index in [2.05, 4.69) is 53.3 Å². The molecule has 0 spiro atoms. The predicted octanol–water partition coefficient (Wildman–Crippen LogP) is 3.67. The summed E-state index contributed by atoms with van der Waals surface area (Å²) in [5, 5.41) is 3.54. The highest BCUT2D eigenvalue weighted by atomic mass is 79.9. The van der Waals surface area contributed by atoms with E-state index in [0.29, 0.717) is 12.1 Å². The largest absolute Gasteiger partial charge is 0.367 e. The first-order chi connectivity index (χ1) is 8.20. The third-order valence-electron chi connectivity index (χ3n) is 3.25. The van der Waals surface area contributed by atoms with Gasteiger partial charge in [-0.3, -0.25) is 0 Å². The number of nitrogens with one attached hydrogen (secondary N) is 1. The normalized spacial score (nSPS) is 29.2. The van der Waals surface area contributed by atoms with Crippen LogP contribution in [0, 0.1) is 0 Å². The van der Waals surface area contributed by atoms with Gasteiger partial charge in [0.05, 0.1) is 12.2 Å². The molecular formula is C14H20BrNO. The van der Waals surface area contributed by atoms with Crippen LogP contribution in [0.1, 0.15) is 38.4 Å². The number of ether oxygens (including phenoxy) is 1. The Balaban J connectivity index is 2.12. The van der Waals surface area contributed by atoms with Crippen LogP contribution in [0.3, 0.4) is 0 Å². The zero-order valence-electron chi connectivity index (χ0n) is 10.4. The first-order valence-corrected chi connectivity index (χ1v) is 7.14. The van der Waals surface area contributed by atoms with Crippen molar-refractivity contribution in [2.45, 2.75) is 44.9 Å². The molecule has 0 aliphatic carbocycles. The molecule has 1 aliphatic rings. The summed E-state index contributed by atoms with van der Waals surface area (Å²) in [5.74, 6) is 0. The van der Waals surface area contributed by atoms with Crippen LogP contribution in [0.15, 0.2) is 28.7 Å². The van der Waals surface area contributed by atoms with E-state index in [1.807, 2.05) is 6.07 Å². The van der Waals surface area contributed by atoms with Gasteiger partial charge in [-0.1, -0.05) is 41.4 Å². The summed E-state index contributed by atoms with van der Waals surface area (Å²) in [4.78, 5) is 0. The Hall–Kier alpha value is -0.380. The van der Waals surface area contributed by atoms with Crippen molar-refractivity contribution in [3.63, 3.8) is 0 Å². The van der Waals surface area contributed by atoms with Crippen LogP contribution in [-0.2, 0) is 4.74 Å². The number of morpholine rings is 1. The summed E-state index contributed by atoms with van der Waals surface area (Å²) < 4.78 is 7.31. The minimum Gasteiger partial charge on any atom is -0.367 e. The van der Waals surface area contributed by atoms with E-state index in [1.54, 1.807) is 0 Å². The van der Waals surface area contributed by atoms with E-state index in [0.717, 1.165) is 17.4 Å². The quantitative estimate of drug-likeness (QED) is 0.919. The van der Waals surface area contributed by atoms with Crippen LogP contribution < -0.4 is 5.32 Å². The topological polar surface area (TPSA) is 21.3 Å². The molecule has 1 aliphatic heterocycles. The minimum atomic E-state index is 0.165. The lowest BCUT2D eigenvalue weighted by Gasteiger charge is -2.36. The molecule has 2 rings (SSSR count). The highest BCUT2D eigenvalue weighted by Gasteiger charge is 2.28. The van der Waals surface area contributed by atoms with E-state index < -0.39 is 0 Å². The van der Waals surface area contributed by atoms with Gasteiger partial charge >= 0.3 is 0 Å². The molecule has 0 bridgehead atoms. The standard InChI is InChI=1S/C14H20BrNO/c1-3-5-13-9-16-10(2)14(17-13)11-6-4-7-12(15)8-11/h4,6-8,10,13-14,16H,3,5,9H2,1-2H3. The second-order valence-corrected chi connectivity index (χ2v) is 5.63. The van der Waals surface area contributed by atoms with Gasteiger partial charge in [-0.15, -0.1) is 0 Å². The molecule has 0 radical (unpaired) electrons. The van der Waals surface area contributed by atoms with Gasteiger partial charge in [0.25, 0.3) is 0 Å². The monoisotopic (exact) mass is 297 g/mol. The Labute approximate surface area is 112 Å². The van der Waals surface area contributed by atoms with E-state index in [9.17, 15) is 0 Å². The van der Waals surface area contributed by atoms with Gasteiger partial charge in [0.2, 0.25) is 0 Å². The molecule has 94 valence electrons. The highest BCUT2D eigenvalue weighted by molar-refractivity contribution is 9.10. The van der Waals surface area contributed by atoms with Gasteiger partial charge in [-0.25, -0.2) is 0 Å². The lowest BCUT2D eigenvalue weighted by molar-refractivity contribution is -0.0644. The van der Waals surface area contributed by atoms with Crippen LogP contribution in [0.25, 0.3) is 0 Å². The molecule has 3 unspecified atom stereocenters. The number of rotatable bonds is 3. The smallest absolute Gasteiger partial charge is 0.0979 e. The van der Waals surface area contributed by atoms with Crippen molar-refractivity contribution >= 4 is 15.9 Å². The van der Waals surface area contributed by atoms with Crippen LogP contribution in [0.5, 0.6) is 0 Å². The number of hydrogen-bond donors (Lipinski definition) is 1. The van der Waals surface area contributed by atoms with Crippen molar-refractivity contribution in [1.82, 2.24) is 5.32 Å². The molecule has 0 amide bonds. The van der Waals surface area contributed by atoms with E-state index in [-0.39, 0.29) is 6.10 Å². The molecule has 3 atom stereocenters. The van der Waals surface area contributed by atoms with Crippen LogP contribution >= 0.6 is 15.9 Å². The molecule has 1 aromatic rings. The Morgan fingerprint density at radius 3 is 3.00 bits per heavy atom. The lowest BCUT2D eigenvalue weighted by atomic mass is 10.00. The highest BCUT2D eigenvalue weighted by Crippen LogP contribution is 2.29. The molecule has 0 aromatic heterocycles. The third-order valence-corrected chi connectivity index (χ3v) is 3.74. The summed E-state index contributed by atoms with van der Waals surface area (Å²) in [6.45, 7) is 5.36. The molecular weight excluding hydrogens is 278 g/mol. The molecule has 1 fully saturated rings. The zero-order chi connectivity index (χ0) is 12.3. The van der Waals surface area contributed by atoms with Gasteiger partial charge < -0.3 is 10.1 Å². The average molecular weight is 298 g/mol. The lowest BCUT2D eigenvalue weighted by Crippen LogP contribution is -2.46. The fraction of sp³-hybridized carbons (Fsp3) is 0.571.